The number of nitrogens with zero attached hydrogens (tertiary/aromatic N) is 4. The van der Waals surface area contributed by atoms with E-state index in [-0.39, 0.29) is 43.7 Å². The second-order valence-corrected chi connectivity index (χ2v) is 21.5. The molecule has 0 spiro atoms. The first kappa shape index (κ1) is 59.0. The number of cyclic esters (lactones) is 1. The fraction of sp³-hybridized carbons (Fsp3) is 0.824. The maximum atomic E-state index is 14.6. The predicted molar refractivity (Wildman–Crippen MR) is 266 cm³/mol. The van der Waals surface area contributed by atoms with Crippen molar-refractivity contribution >= 4 is 23.3 Å². The van der Waals surface area contributed by atoms with E-state index in [0.29, 0.717) is 44.3 Å². The van der Waals surface area contributed by atoms with Crippen LogP contribution in [-0.4, -0.2) is 196 Å². The zero-order valence-corrected chi connectivity index (χ0v) is 44.4. The molecule has 0 saturated carbocycles. The van der Waals surface area contributed by atoms with E-state index in [9.17, 15) is 35.6 Å². The number of esters is 1. The van der Waals surface area contributed by atoms with Gasteiger partial charge in [-0.2, -0.15) is 5.26 Å². The standard InChI is InChI=1S/C51H87N5O12S/c1-14-39-51(10,62)43(58)35(6)56(26-25-55(24-18-22-52)48(69)53-23-21-37-19-16-15-17-20-37)30-31(2)28-49(8,61)45(68-47-41(57)38(54(11)12)27-32(3)64-47)33(4)42(34(5)46(60)66-39)67-40-29-50(9,63-13)44(59)36(7)65-40/h15-17,19-20,31-36,38-45,47,57-59,61-62H,14,18,21,23-30H2,1-13H3,(H,53,69)/t31-,32-,33+,34-,35-,36+,38+,39-,40-,41-,42+,43-,44+,45-,47+,49-,50-,51-/m1/s1. The van der Waals surface area contributed by atoms with E-state index in [2.05, 4.69) is 23.5 Å². The first-order valence-electron chi connectivity index (χ1n) is 25.0. The number of aliphatic hydroxyl groups excluding tert-OH is 3. The number of benzene rings is 1. The summed E-state index contributed by atoms with van der Waals surface area (Å²) in [5.41, 5.74) is -3.52. The van der Waals surface area contributed by atoms with Crippen molar-refractivity contribution in [1.29, 1.82) is 5.26 Å². The minimum atomic E-state index is -1.94. The van der Waals surface area contributed by atoms with Gasteiger partial charge in [0, 0.05) is 64.3 Å². The summed E-state index contributed by atoms with van der Waals surface area (Å²) in [5.74, 6) is -2.92. The molecule has 3 heterocycles. The Kier molecular flexibility index (Phi) is 22.1. The van der Waals surface area contributed by atoms with Gasteiger partial charge < -0.3 is 69.1 Å². The summed E-state index contributed by atoms with van der Waals surface area (Å²) in [4.78, 5) is 20.5. The highest BCUT2D eigenvalue weighted by atomic mass is 32.1. The van der Waals surface area contributed by atoms with Gasteiger partial charge >= 0.3 is 5.97 Å². The molecule has 3 saturated heterocycles. The number of nitriles is 1. The molecule has 18 heteroatoms. The summed E-state index contributed by atoms with van der Waals surface area (Å²) in [7, 11) is 5.26. The zero-order chi connectivity index (χ0) is 51.6. The number of ether oxygens (including phenoxy) is 6. The molecule has 3 aliphatic rings. The van der Waals surface area contributed by atoms with Crippen LogP contribution in [0.3, 0.4) is 0 Å². The van der Waals surface area contributed by atoms with Crippen molar-refractivity contribution < 1.29 is 58.7 Å². The highest BCUT2D eigenvalue weighted by Crippen LogP contribution is 2.40. The molecule has 3 fully saturated rings. The fourth-order valence-electron chi connectivity index (χ4n) is 10.7. The second kappa shape index (κ2) is 25.9. The largest absolute Gasteiger partial charge is 0.459 e. The van der Waals surface area contributed by atoms with Crippen molar-refractivity contribution in [2.45, 2.75) is 198 Å². The van der Waals surface area contributed by atoms with Gasteiger partial charge in [-0.25, -0.2) is 0 Å². The summed E-state index contributed by atoms with van der Waals surface area (Å²) < 4.78 is 38.2. The average Bonchev–Trinajstić information content (AvgIpc) is 3.29. The number of nitrogens with one attached hydrogen (secondary N) is 1. The van der Waals surface area contributed by atoms with Crippen LogP contribution in [0.2, 0.25) is 0 Å². The molecule has 0 unspecified atom stereocenters. The predicted octanol–water partition coefficient (Wildman–Crippen LogP) is 3.60. The Labute approximate surface area is 417 Å². The lowest BCUT2D eigenvalue weighted by atomic mass is 9.77. The molecule has 3 aliphatic heterocycles. The smallest absolute Gasteiger partial charge is 0.311 e. The maximum Gasteiger partial charge on any atom is 0.311 e. The van der Waals surface area contributed by atoms with Gasteiger partial charge in [0.25, 0.3) is 0 Å². The molecule has 0 amide bonds. The number of aliphatic hydroxyl groups is 5. The number of methoxy groups -OCH3 is 1. The molecular weight excluding hydrogens is 907 g/mol. The Bertz CT molecular complexity index is 1790. The summed E-state index contributed by atoms with van der Waals surface area (Å²) >= 11 is 5.88. The van der Waals surface area contributed by atoms with Gasteiger partial charge in [0.15, 0.2) is 17.7 Å². The Balaban J connectivity index is 1.78. The summed E-state index contributed by atoms with van der Waals surface area (Å²) in [6, 6.07) is 11.2. The molecule has 17 nitrogen and oxygen atoms in total. The highest BCUT2D eigenvalue weighted by molar-refractivity contribution is 7.80. The van der Waals surface area contributed by atoms with Crippen LogP contribution in [0, 0.1) is 29.1 Å². The molecular formula is C51H87N5O12S. The van der Waals surface area contributed by atoms with Crippen LogP contribution in [0.5, 0.6) is 0 Å². The second-order valence-electron chi connectivity index (χ2n) is 21.1. The molecule has 4 rings (SSSR count). The van der Waals surface area contributed by atoms with Crippen molar-refractivity contribution in [2.24, 2.45) is 17.8 Å². The number of hydrogen-bond donors (Lipinski definition) is 6. The van der Waals surface area contributed by atoms with Gasteiger partial charge in [0.2, 0.25) is 0 Å². The summed E-state index contributed by atoms with van der Waals surface area (Å²) in [5, 5.41) is 73.8. The number of rotatable bonds is 15. The number of carbonyl (C=O) groups is 1. The van der Waals surface area contributed by atoms with Crippen molar-refractivity contribution in [1.82, 2.24) is 20.0 Å². The van der Waals surface area contributed by atoms with E-state index >= 15 is 0 Å². The molecule has 0 aromatic heterocycles. The minimum absolute atomic E-state index is 0.0973. The lowest BCUT2D eigenvalue weighted by Crippen LogP contribution is -2.60. The molecule has 1 aromatic carbocycles. The topological polar surface area (TPSA) is 219 Å². The summed E-state index contributed by atoms with van der Waals surface area (Å²) in [6.45, 7) is 19.5. The molecule has 6 N–H and O–H groups in total. The highest BCUT2D eigenvalue weighted by Gasteiger charge is 2.53. The van der Waals surface area contributed by atoms with Gasteiger partial charge in [0.05, 0.1) is 54.0 Å². The lowest BCUT2D eigenvalue weighted by Gasteiger charge is -2.48. The van der Waals surface area contributed by atoms with E-state index in [1.54, 1.807) is 34.6 Å². The third kappa shape index (κ3) is 15.2. The van der Waals surface area contributed by atoms with Gasteiger partial charge in [-0.3, -0.25) is 9.69 Å². The molecule has 394 valence electrons. The Morgan fingerprint density at radius 2 is 1.65 bits per heavy atom. The van der Waals surface area contributed by atoms with E-state index in [1.165, 1.54) is 14.0 Å². The first-order chi connectivity index (χ1) is 32.3. The van der Waals surface area contributed by atoms with Crippen LogP contribution in [0.4, 0.5) is 0 Å². The molecule has 0 aliphatic carbocycles. The molecule has 69 heavy (non-hydrogen) atoms. The number of likely N-dealkylation sites (N-methyl/N-ethyl adjacent to an activating group) is 1. The van der Waals surface area contributed by atoms with E-state index in [4.69, 9.17) is 40.6 Å². The number of carbonyl (C=O) groups excluding carboxylic acids is 1. The lowest BCUT2D eigenvalue weighted by molar-refractivity contribution is -0.318. The van der Waals surface area contributed by atoms with Gasteiger partial charge in [-0.1, -0.05) is 51.1 Å². The fourth-order valence-corrected chi connectivity index (χ4v) is 11.0. The SMILES string of the molecule is CC[C@H]1OC(=O)[C@H](C)[C@@H](O[C@@H]2C[C@@](C)(OC)[C@@H](O)[C@H](C)O2)[C@H](C)[C@@H](O[C@@H]2O[C@H](C)C[C@H](N(C)C)[C@H]2O)[C@](C)(O)C[C@@H](C)CN(CCN(CCC#N)C(=S)NCCc2ccccc2)[C@H](C)[C@@H](O)[C@]1(C)O. The van der Waals surface area contributed by atoms with E-state index in [1.807, 2.05) is 74.7 Å². The monoisotopic (exact) mass is 994 g/mol. The molecule has 18 atom stereocenters. The average molecular weight is 994 g/mol. The van der Waals surface area contributed by atoms with Gasteiger partial charge in [-0.15, -0.1) is 0 Å². The van der Waals surface area contributed by atoms with Crippen LogP contribution >= 0.6 is 12.2 Å². The van der Waals surface area contributed by atoms with Crippen LogP contribution in [0.1, 0.15) is 107 Å². The Hall–Kier alpha value is -2.61. The third-order valence-electron chi connectivity index (χ3n) is 15.0. The van der Waals surface area contributed by atoms with Crippen molar-refractivity contribution in [3.63, 3.8) is 0 Å². The quantitative estimate of drug-likeness (QED) is 0.109. The Morgan fingerprint density at radius 3 is 2.26 bits per heavy atom. The van der Waals surface area contributed by atoms with Gasteiger partial charge in [-0.05, 0) is 112 Å². The van der Waals surface area contributed by atoms with E-state index in [0.717, 1.165) is 12.0 Å². The zero-order valence-electron chi connectivity index (χ0n) is 43.6. The first-order valence-corrected chi connectivity index (χ1v) is 25.4. The Morgan fingerprint density at radius 1 is 0.986 bits per heavy atom. The molecule has 0 bridgehead atoms. The van der Waals surface area contributed by atoms with E-state index < -0.39 is 96.0 Å². The normalized spacial score (nSPS) is 40.0. The molecule has 0 radical (unpaired) electrons. The third-order valence-corrected chi connectivity index (χ3v) is 15.4. The number of hydrogen-bond acceptors (Lipinski definition) is 16. The maximum absolute atomic E-state index is 14.6. The number of thiocarbonyl (C=S) groups is 1. The molecule has 1 aromatic rings. The minimum Gasteiger partial charge on any atom is -0.459 e. The van der Waals surface area contributed by atoms with Crippen molar-refractivity contribution in [3.8, 4) is 6.07 Å². The van der Waals surface area contributed by atoms with Crippen LogP contribution in [-0.2, 0) is 39.6 Å². The van der Waals surface area contributed by atoms with Crippen LogP contribution in [0.25, 0.3) is 0 Å². The van der Waals surface area contributed by atoms with Gasteiger partial charge in [0.1, 0.15) is 30.0 Å². The van der Waals surface area contributed by atoms with Crippen LogP contribution < -0.4 is 5.32 Å². The summed E-state index contributed by atoms with van der Waals surface area (Å²) in [6.07, 6.45) is -8.16. The van der Waals surface area contributed by atoms with Crippen molar-refractivity contribution in [2.75, 3.05) is 53.9 Å². The van der Waals surface area contributed by atoms with Crippen molar-refractivity contribution in [3.05, 3.63) is 35.9 Å². The van der Waals surface area contributed by atoms with Crippen LogP contribution in [0.15, 0.2) is 30.3 Å².